The Bertz CT molecular complexity index is 1540. The molecule has 0 atom stereocenters. The van der Waals surface area contributed by atoms with Crippen LogP contribution in [0.4, 0.5) is 11.4 Å². The van der Waals surface area contributed by atoms with Gasteiger partial charge in [0, 0.05) is 36.7 Å². The molecule has 2 aromatic rings. The van der Waals surface area contributed by atoms with Gasteiger partial charge >= 0.3 is 55.3 Å². The Morgan fingerprint density at radius 2 is 1.24 bits per heavy atom. The van der Waals surface area contributed by atoms with Crippen LogP contribution in [0, 0.1) is 15.3 Å². The third kappa shape index (κ3) is 12.3. The second kappa shape index (κ2) is 20.9. The summed E-state index contributed by atoms with van der Waals surface area (Å²) in [7, 11) is 0. The van der Waals surface area contributed by atoms with E-state index in [1.807, 2.05) is 30.4 Å². The van der Waals surface area contributed by atoms with Crippen molar-refractivity contribution in [2.45, 2.75) is 0 Å². The number of halogens is 2. The van der Waals surface area contributed by atoms with E-state index in [4.69, 9.17) is 5.21 Å². The average molecular weight is 1010 g/mol. The minimum atomic E-state index is -0.426. The molecule has 42 heavy (non-hydrogen) atoms. The van der Waals surface area contributed by atoms with Crippen LogP contribution in [0.1, 0.15) is 11.1 Å². The van der Waals surface area contributed by atoms with Crippen LogP contribution in [0.25, 0.3) is 0 Å². The molecule has 0 aliphatic heterocycles. The van der Waals surface area contributed by atoms with Crippen LogP contribution in [-0.4, -0.2) is 43.8 Å². The van der Waals surface area contributed by atoms with Crippen LogP contribution < -0.4 is 30.0 Å². The molecular formula is C28H21Cl2Hg2N4O4S2+. The van der Waals surface area contributed by atoms with E-state index < -0.39 is 4.92 Å². The molecule has 0 heterocycles. The minimum absolute atomic E-state index is 0. The van der Waals surface area contributed by atoms with Crippen molar-refractivity contribution in [3.05, 3.63) is 134 Å². The fourth-order valence-corrected chi connectivity index (χ4v) is 5.17. The first-order chi connectivity index (χ1) is 18.5. The SMILES string of the molecule is O=[N+]([O-])c1ccc(C=NC2=CC=C=CC2=[S+]CC[S+]=C2C=C=CC=C2N=Cc2ccc(N([O-])O)cc2)cc1.[Cl-].[Cl-].[Hg+].[Hg+]. The topological polar surface area (TPSA) is 114 Å². The van der Waals surface area contributed by atoms with Gasteiger partial charge in [0.1, 0.15) is 11.4 Å². The predicted molar refractivity (Wildman–Crippen MR) is 158 cm³/mol. The number of allylic oxidation sites excluding steroid dienone is 4. The van der Waals surface area contributed by atoms with Crippen molar-refractivity contribution in [1.29, 1.82) is 0 Å². The number of hydrogen-bond acceptors (Lipinski definition) is 7. The summed E-state index contributed by atoms with van der Waals surface area (Å²) in [6, 6.07) is 12.7. The van der Waals surface area contributed by atoms with Gasteiger partial charge in [0.05, 0.1) is 10.6 Å². The van der Waals surface area contributed by atoms with Gasteiger partial charge < -0.3 is 35.2 Å². The molecule has 8 nitrogen and oxygen atoms in total. The monoisotopic (exact) mass is 1010 g/mol. The summed E-state index contributed by atoms with van der Waals surface area (Å²) >= 11 is 3.35. The average Bonchev–Trinajstić information content (AvgIpc) is 2.94. The molecule has 0 bridgehead atoms. The fourth-order valence-electron chi connectivity index (χ4n) is 3.22. The number of benzene rings is 2. The van der Waals surface area contributed by atoms with Gasteiger partial charge in [-0.15, -0.1) is 11.5 Å². The quantitative estimate of drug-likeness (QED) is 0.0484. The molecule has 0 saturated heterocycles. The van der Waals surface area contributed by atoms with Gasteiger partial charge in [-0.3, -0.25) is 25.3 Å². The molecule has 0 unspecified atom stereocenters. The number of nitro groups is 1. The van der Waals surface area contributed by atoms with Gasteiger partial charge in [0.25, 0.3) is 15.4 Å². The molecule has 14 heteroatoms. The van der Waals surface area contributed by atoms with E-state index in [0.29, 0.717) is 0 Å². The largest absolute Gasteiger partial charge is 1.00 e. The Labute approximate surface area is 304 Å². The molecule has 0 spiro atoms. The summed E-state index contributed by atoms with van der Waals surface area (Å²) in [5, 5.41) is 30.5. The molecule has 2 aliphatic carbocycles. The van der Waals surface area contributed by atoms with E-state index in [1.54, 1.807) is 65.5 Å². The van der Waals surface area contributed by atoms with Gasteiger partial charge in [-0.2, -0.15) is 0 Å². The second-order valence-electron chi connectivity index (χ2n) is 7.71. The summed E-state index contributed by atoms with van der Waals surface area (Å²) in [6.45, 7) is 0. The molecule has 0 amide bonds. The number of nitrogens with zero attached hydrogens (tertiary/aromatic N) is 4. The van der Waals surface area contributed by atoms with Crippen molar-refractivity contribution >= 4 is 56.2 Å². The Hall–Kier alpha value is -1.95. The second-order valence-corrected chi connectivity index (χ2v) is 9.99. The molecule has 0 fully saturated rings. The predicted octanol–water partition coefficient (Wildman–Crippen LogP) is -1.44. The van der Waals surface area contributed by atoms with Crippen LogP contribution in [0.15, 0.2) is 118 Å². The molecule has 0 aromatic heterocycles. The summed E-state index contributed by atoms with van der Waals surface area (Å²) in [4.78, 5) is 21.5. The van der Waals surface area contributed by atoms with E-state index >= 15 is 0 Å². The first-order valence-electron chi connectivity index (χ1n) is 11.3. The molecule has 206 valence electrons. The van der Waals surface area contributed by atoms with Crippen molar-refractivity contribution in [3.63, 3.8) is 0 Å². The zero-order valence-corrected chi connectivity index (χ0v) is 36.2. The molecule has 2 aromatic carbocycles. The first-order valence-corrected chi connectivity index (χ1v) is 13.3. The van der Waals surface area contributed by atoms with Crippen LogP contribution in [-0.2, 0) is 78.0 Å². The standard InChI is InChI=1S/C28H21N4O4S2.2ClH.2Hg/c33-31(34)23-13-9-21(10-14-23)19-29-25-5-1-3-7-27(25)37-17-18-38-28-8-4-2-6-26(28)30-20-22-11-15-24(16-12-22)32(35)36;;;;/h1-2,5-16,19-20,33H,17-18H2;2*1H;;/q+1;;;2*+1/p-2. The number of rotatable bonds is 9. The zero-order chi connectivity index (χ0) is 26.7. The first kappa shape index (κ1) is 40.1. The fraction of sp³-hybridized carbons (Fsp3) is 0.0714. The van der Waals surface area contributed by atoms with E-state index in [0.717, 1.165) is 43.8 Å². The Morgan fingerprint density at radius 1 is 0.810 bits per heavy atom. The maximum Gasteiger partial charge on any atom is 1.00 e. The smallest absolute Gasteiger partial charge is 1.00 e. The van der Waals surface area contributed by atoms with E-state index in [1.165, 1.54) is 24.3 Å². The Balaban J connectivity index is 0.00000420. The van der Waals surface area contributed by atoms with Crippen molar-refractivity contribution in [3.8, 4) is 0 Å². The van der Waals surface area contributed by atoms with Crippen molar-refractivity contribution in [2.24, 2.45) is 9.98 Å². The van der Waals surface area contributed by atoms with Crippen molar-refractivity contribution in [1.82, 2.24) is 0 Å². The van der Waals surface area contributed by atoms with Gasteiger partial charge in [0.15, 0.2) is 22.7 Å². The van der Waals surface area contributed by atoms with E-state index in [2.05, 4.69) is 21.4 Å². The minimum Gasteiger partial charge on any atom is -1.00 e. The molecule has 2 radical (unpaired) electrons. The molecular weight excluding hydrogens is 993 g/mol. The molecule has 2 aliphatic rings. The Kier molecular flexibility index (Phi) is 19.9. The van der Waals surface area contributed by atoms with Gasteiger partial charge in [0.2, 0.25) is 11.5 Å². The van der Waals surface area contributed by atoms with Crippen LogP contribution in [0.5, 0.6) is 0 Å². The third-order valence-electron chi connectivity index (χ3n) is 5.13. The summed E-state index contributed by atoms with van der Waals surface area (Å²) in [5.74, 6) is 1.66. The molecule has 0 saturated carbocycles. The van der Waals surface area contributed by atoms with Crippen molar-refractivity contribution in [2.75, 3.05) is 16.7 Å². The number of anilines is 1. The summed E-state index contributed by atoms with van der Waals surface area (Å²) in [5.41, 5.74) is 9.60. The summed E-state index contributed by atoms with van der Waals surface area (Å²) in [6.07, 6.45) is 14.6. The normalized spacial score (nSPS) is 15.0. The van der Waals surface area contributed by atoms with Crippen molar-refractivity contribution < 1.29 is 90.3 Å². The molecule has 1 N–H and O–H groups in total. The number of hydrogen-bond donors (Lipinski definition) is 1. The van der Waals surface area contributed by atoms with Gasteiger partial charge in [-0.25, -0.2) is 0 Å². The Morgan fingerprint density at radius 3 is 1.64 bits per heavy atom. The van der Waals surface area contributed by atoms with E-state index in [-0.39, 0.29) is 96.8 Å². The van der Waals surface area contributed by atoms with Crippen LogP contribution >= 0.6 is 0 Å². The van der Waals surface area contributed by atoms with Gasteiger partial charge in [-0.05, 0) is 59.7 Å². The zero-order valence-electron chi connectivity index (χ0n) is 22.1. The van der Waals surface area contributed by atoms with E-state index in [9.17, 15) is 15.3 Å². The number of non-ortho nitro benzene ring substituents is 1. The van der Waals surface area contributed by atoms with Gasteiger partial charge in [-0.1, -0.05) is 12.1 Å². The number of aliphatic imine (C=N–C) groups is 2. The van der Waals surface area contributed by atoms with Crippen LogP contribution in [0.2, 0.25) is 0 Å². The maximum absolute atomic E-state index is 10.9. The van der Waals surface area contributed by atoms with Crippen LogP contribution in [0.3, 0.4) is 0 Å². The molecule has 4 rings (SSSR count). The maximum atomic E-state index is 10.9. The number of nitro benzene ring substituents is 1. The third-order valence-corrected chi connectivity index (χ3v) is 7.48. The summed E-state index contributed by atoms with van der Waals surface area (Å²) < 4.78 is 0.